The van der Waals surface area contributed by atoms with Crippen molar-refractivity contribution >= 4 is 35.9 Å². The molecule has 236 valence electrons. The van der Waals surface area contributed by atoms with E-state index in [9.17, 15) is 24.0 Å². The molecule has 12 nitrogen and oxygen atoms in total. The zero-order chi connectivity index (χ0) is 32.2. The Bertz CT molecular complexity index is 1350. The zero-order valence-corrected chi connectivity index (χ0v) is 25.2. The van der Waals surface area contributed by atoms with E-state index in [0.29, 0.717) is 18.8 Å². The van der Waals surface area contributed by atoms with E-state index in [0.717, 1.165) is 37.5 Å². The molecule has 2 aromatic rings. The van der Waals surface area contributed by atoms with E-state index in [-0.39, 0.29) is 6.61 Å². The Hall–Kier alpha value is -4.71. The van der Waals surface area contributed by atoms with Crippen LogP contribution in [0.25, 0.3) is 6.08 Å². The fraction of sp³-hybridized carbons (Fsp3) is 0.406. The van der Waals surface area contributed by atoms with Crippen LogP contribution in [0, 0.1) is 0 Å². The summed E-state index contributed by atoms with van der Waals surface area (Å²) in [6.45, 7) is 6.32. The van der Waals surface area contributed by atoms with Gasteiger partial charge in [-0.2, -0.15) is 0 Å². The highest BCUT2D eigenvalue weighted by atomic mass is 16.7. The SMILES string of the molecule is CCOC(=O)/C=C/c1ccc(Cc2ccccc2O[C@H]2O[C@H](COC(C)=O)[C@@H](OC(C)=O)[C@H](OC(C)=O)[C@H]2OC(C)=O)cc1. The van der Waals surface area contributed by atoms with E-state index in [4.69, 9.17) is 33.2 Å². The second-order valence-corrected chi connectivity index (χ2v) is 9.80. The minimum atomic E-state index is -1.35. The highest BCUT2D eigenvalue weighted by molar-refractivity contribution is 5.87. The molecular formula is C32H36O12. The molecule has 0 N–H and O–H groups in total. The summed E-state index contributed by atoms with van der Waals surface area (Å²) >= 11 is 0. The van der Waals surface area contributed by atoms with Crippen molar-refractivity contribution in [3.05, 3.63) is 71.3 Å². The Labute approximate surface area is 255 Å². The number of carbonyl (C=O) groups excluding carboxylic acids is 5. The third kappa shape index (κ3) is 10.2. The molecule has 0 unspecified atom stereocenters. The predicted octanol–water partition coefficient (Wildman–Crippen LogP) is 3.32. The maximum absolute atomic E-state index is 12.1. The van der Waals surface area contributed by atoms with Gasteiger partial charge in [-0.25, -0.2) is 4.79 Å². The number of carbonyl (C=O) groups is 5. The third-order valence-electron chi connectivity index (χ3n) is 6.24. The average molecular weight is 613 g/mol. The van der Waals surface area contributed by atoms with Crippen molar-refractivity contribution in [1.29, 1.82) is 0 Å². The first-order chi connectivity index (χ1) is 21.0. The summed E-state index contributed by atoms with van der Waals surface area (Å²) in [4.78, 5) is 59.4. The number of hydrogen-bond donors (Lipinski definition) is 0. The lowest BCUT2D eigenvalue weighted by molar-refractivity contribution is -0.288. The van der Waals surface area contributed by atoms with Gasteiger partial charge in [0.2, 0.25) is 12.4 Å². The largest absolute Gasteiger partial charge is 0.463 e. The molecule has 1 heterocycles. The van der Waals surface area contributed by atoms with Gasteiger partial charge in [-0.05, 0) is 35.8 Å². The molecule has 44 heavy (non-hydrogen) atoms. The normalized spacial score (nSPS) is 21.2. The quantitative estimate of drug-likeness (QED) is 0.197. The lowest BCUT2D eigenvalue weighted by Gasteiger charge is -2.44. The molecule has 1 fully saturated rings. The summed E-state index contributed by atoms with van der Waals surface area (Å²) in [6.07, 6.45) is -3.03. The summed E-state index contributed by atoms with van der Waals surface area (Å²) in [5, 5.41) is 0. The minimum Gasteiger partial charge on any atom is -0.463 e. The molecule has 12 heteroatoms. The maximum Gasteiger partial charge on any atom is 0.330 e. The molecule has 1 saturated heterocycles. The average Bonchev–Trinajstić information content (AvgIpc) is 2.95. The van der Waals surface area contributed by atoms with Crippen LogP contribution in [0.15, 0.2) is 54.6 Å². The highest BCUT2D eigenvalue weighted by Crippen LogP contribution is 2.32. The van der Waals surface area contributed by atoms with Gasteiger partial charge < -0.3 is 33.2 Å². The van der Waals surface area contributed by atoms with Crippen LogP contribution >= 0.6 is 0 Å². The van der Waals surface area contributed by atoms with E-state index in [1.807, 2.05) is 36.4 Å². The fourth-order valence-electron chi connectivity index (χ4n) is 4.49. The predicted molar refractivity (Wildman–Crippen MR) is 154 cm³/mol. The van der Waals surface area contributed by atoms with Crippen molar-refractivity contribution in [2.45, 2.75) is 71.7 Å². The molecule has 5 atom stereocenters. The molecular weight excluding hydrogens is 576 g/mol. The first-order valence-corrected chi connectivity index (χ1v) is 14.0. The van der Waals surface area contributed by atoms with Gasteiger partial charge in [0, 0.05) is 40.2 Å². The topological polar surface area (TPSA) is 150 Å². The van der Waals surface area contributed by atoms with E-state index >= 15 is 0 Å². The number of benzene rings is 2. The number of para-hydroxylation sites is 1. The number of rotatable bonds is 12. The van der Waals surface area contributed by atoms with Gasteiger partial charge in [0.15, 0.2) is 12.2 Å². The molecule has 0 radical (unpaired) electrons. The van der Waals surface area contributed by atoms with Crippen molar-refractivity contribution in [3.63, 3.8) is 0 Å². The highest BCUT2D eigenvalue weighted by Gasteiger charge is 2.53. The second kappa shape index (κ2) is 16.2. The lowest BCUT2D eigenvalue weighted by Crippen LogP contribution is -2.63. The Morgan fingerprint density at radius 3 is 1.98 bits per heavy atom. The Kier molecular flexibility index (Phi) is 12.5. The number of esters is 5. The van der Waals surface area contributed by atoms with Crippen LogP contribution in [0.1, 0.15) is 51.3 Å². The Balaban J connectivity index is 1.91. The molecule has 1 aliphatic heterocycles. The van der Waals surface area contributed by atoms with Crippen molar-refractivity contribution in [3.8, 4) is 5.75 Å². The summed E-state index contributed by atoms with van der Waals surface area (Å²) in [5.74, 6) is -2.86. The summed E-state index contributed by atoms with van der Waals surface area (Å²) in [6, 6.07) is 14.6. The first kappa shape index (κ1) is 33.8. The van der Waals surface area contributed by atoms with Crippen LogP contribution in [0.3, 0.4) is 0 Å². The molecule has 0 bridgehead atoms. The van der Waals surface area contributed by atoms with Gasteiger partial charge in [-0.15, -0.1) is 0 Å². The van der Waals surface area contributed by atoms with Crippen molar-refractivity contribution in [2.75, 3.05) is 13.2 Å². The van der Waals surface area contributed by atoms with E-state index < -0.39 is 60.6 Å². The molecule has 0 amide bonds. The van der Waals surface area contributed by atoms with E-state index in [2.05, 4.69) is 0 Å². The number of ether oxygens (including phenoxy) is 7. The van der Waals surface area contributed by atoms with Crippen LogP contribution in [-0.4, -0.2) is 73.8 Å². The summed E-state index contributed by atoms with van der Waals surface area (Å²) < 4.78 is 38.7. The molecule has 0 aliphatic carbocycles. The number of hydrogen-bond acceptors (Lipinski definition) is 12. The molecule has 2 aromatic carbocycles. The van der Waals surface area contributed by atoms with Crippen LogP contribution < -0.4 is 4.74 Å². The molecule has 0 saturated carbocycles. The van der Waals surface area contributed by atoms with Crippen molar-refractivity contribution in [1.82, 2.24) is 0 Å². The fourth-order valence-corrected chi connectivity index (χ4v) is 4.49. The first-order valence-electron chi connectivity index (χ1n) is 14.0. The van der Waals surface area contributed by atoms with Gasteiger partial charge in [-0.1, -0.05) is 42.5 Å². The molecule has 0 spiro atoms. The minimum absolute atomic E-state index is 0.293. The van der Waals surface area contributed by atoms with Crippen molar-refractivity contribution < 1.29 is 57.1 Å². The third-order valence-corrected chi connectivity index (χ3v) is 6.24. The summed E-state index contributed by atoms with van der Waals surface area (Å²) in [5.41, 5.74) is 2.48. The molecule has 1 aliphatic rings. The molecule has 3 rings (SSSR count). The van der Waals surface area contributed by atoms with Gasteiger partial charge in [0.05, 0.1) is 6.61 Å². The van der Waals surface area contributed by atoms with Crippen LogP contribution in [0.5, 0.6) is 5.75 Å². The smallest absolute Gasteiger partial charge is 0.330 e. The zero-order valence-electron chi connectivity index (χ0n) is 25.2. The summed E-state index contributed by atoms with van der Waals surface area (Å²) in [7, 11) is 0. The lowest BCUT2D eigenvalue weighted by atomic mass is 9.98. The Morgan fingerprint density at radius 1 is 0.750 bits per heavy atom. The van der Waals surface area contributed by atoms with Crippen LogP contribution in [0.4, 0.5) is 0 Å². The van der Waals surface area contributed by atoms with Crippen molar-refractivity contribution in [2.24, 2.45) is 0 Å². The van der Waals surface area contributed by atoms with Crippen LogP contribution in [0.2, 0.25) is 0 Å². The maximum atomic E-state index is 12.1. The standard InChI is InChI=1S/C32H36O12/c1-6-38-28(37)16-15-23-11-13-24(14-12-23)17-25-9-7-8-10-26(25)43-32-31(42-22(5)36)30(41-21(4)35)29(40-20(3)34)27(44-32)18-39-19(2)33/h7-16,27,29-32H,6,17-18H2,1-5H3/b16-15+/t27-,29-,30+,31-,32+/m1/s1. The monoisotopic (exact) mass is 612 g/mol. The Morgan fingerprint density at radius 2 is 1.36 bits per heavy atom. The van der Waals surface area contributed by atoms with E-state index in [1.165, 1.54) is 13.0 Å². The second-order valence-electron chi connectivity index (χ2n) is 9.80. The van der Waals surface area contributed by atoms with Crippen LogP contribution in [-0.2, 0) is 58.8 Å². The van der Waals surface area contributed by atoms with E-state index in [1.54, 1.807) is 25.1 Å². The van der Waals surface area contributed by atoms with Gasteiger partial charge in [0.1, 0.15) is 18.5 Å². The van der Waals surface area contributed by atoms with Gasteiger partial charge in [-0.3, -0.25) is 19.2 Å². The molecule has 0 aromatic heterocycles. The van der Waals surface area contributed by atoms with Gasteiger partial charge >= 0.3 is 29.8 Å². The van der Waals surface area contributed by atoms with Gasteiger partial charge in [0.25, 0.3) is 0 Å².